The number of nitrogens with zero attached hydrogens (tertiary/aromatic N) is 2. The van der Waals surface area contributed by atoms with E-state index in [2.05, 4.69) is 0 Å². The van der Waals surface area contributed by atoms with Crippen LogP contribution in [0.15, 0.2) is 40.8 Å². The van der Waals surface area contributed by atoms with Gasteiger partial charge in [-0.2, -0.15) is 0 Å². The quantitative estimate of drug-likeness (QED) is 0.0666. The number of phenolic OH excluding ortho intramolecular Hbond substituents is 21. The molecule has 76 heavy (non-hydrogen) atoms. The van der Waals surface area contributed by atoms with E-state index in [0.29, 0.717) is 4.90 Å². The van der Waals surface area contributed by atoms with Crippen LogP contribution in [0.25, 0.3) is 71.7 Å². The molecule has 2 aromatic heterocycles. The van der Waals surface area contributed by atoms with Gasteiger partial charge < -0.3 is 121 Å². The SMILES string of the molecule is Bc1cc2c3c(-c4cc(O)c(O)c(O)c4O)c4c(cc3n(-c3c(B)cc(N5c6c(O)c(O)c(C)c(O)c6Oc6c(O)c(-c7c(O)c(O)c(O)c(O)c7O)c(O)c(O)c65)c(O)c3O)c2cc1O)oc1c(O)c(O)c(O)cc14. The van der Waals surface area contributed by atoms with Gasteiger partial charge in [0.05, 0.1) is 33.5 Å². The molecule has 0 radical (unpaired) electrons. The van der Waals surface area contributed by atoms with Crippen molar-refractivity contribution in [2.45, 2.75) is 6.92 Å². The Labute approximate surface area is 421 Å². The summed E-state index contributed by atoms with van der Waals surface area (Å²) in [5.74, 6) is -26.5. The number of benzene rings is 8. The standard InChI is InChI=1S/C49H34B2N2O23/c1-8-29(57)40(68)27-48(30(8)58)76-49-28(41(69)35(63)25(38(49)66)24-36(64)43(71)45(73)44(72)37(24)65)53(27)16-5-13(51)26(39(67)32(16)60)52-14-6-17(54)12(50)2-9(14)21-15(52)7-20-22(11-4-19(56)34(62)46(74)47(11)75-20)23(21)10-3-18(55)33(61)42(70)31(10)59/h2-7,54-74H,50-51H2,1H3. The van der Waals surface area contributed by atoms with Gasteiger partial charge in [-0.3, -0.25) is 4.90 Å². The average Bonchev–Trinajstić information content (AvgIpc) is 4.03. The first-order valence-corrected chi connectivity index (χ1v) is 21.8. The third-order valence-corrected chi connectivity index (χ3v) is 13.6. The molecule has 384 valence electrons. The molecule has 0 spiro atoms. The van der Waals surface area contributed by atoms with Gasteiger partial charge in [0.1, 0.15) is 38.4 Å². The Morgan fingerprint density at radius 1 is 0.382 bits per heavy atom. The van der Waals surface area contributed by atoms with Crippen molar-refractivity contribution in [3.05, 3.63) is 42.0 Å². The first-order chi connectivity index (χ1) is 35.7. The molecule has 8 aromatic carbocycles. The molecule has 1 aliphatic rings. The van der Waals surface area contributed by atoms with Gasteiger partial charge in [-0.25, -0.2) is 0 Å². The van der Waals surface area contributed by atoms with E-state index in [1.165, 1.54) is 38.5 Å². The lowest BCUT2D eigenvalue weighted by atomic mass is 9.90. The van der Waals surface area contributed by atoms with Gasteiger partial charge in [-0.05, 0) is 30.6 Å². The highest BCUT2D eigenvalue weighted by Gasteiger charge is 2.43. The fourth-order valence-corrected chi connectivity index (χ4v) is 9.91. The van der Waals surface area contributed by atoms with E-state index in [4.69, 9.17) is 9.15 Å². The first-order valence-electron chi connectivity index (χ1n) is 21.8. The van der Waals surface area contributed by atoms with Crippen LogP contribution in [0.4, 0.5) is 17.1 Å². The Hall–Kier alpha value is -11.1. The summed E-state index contributed by atoms with van der Waals surface area (Å²) in [5.41, 5.74) is -7.05. The minimum Gasteiger partial charge on any atom is -0.508 e. The number of fused-ring (bicyclic) bond motifs is 8. The molecule has 3 heterocycles. The Morgan fingerprint density at radius 3 is 1.55 bits per heavy atom. The van der Waals surface area contributed by atoms with Gasteiger partial charge in [-0.15, -0.1) is 0 Å². The molecule has 25 nitrogen and oxygen atoms in total. The molecule has 0 unspecified atom stereocenters. The highest BCUT2D eigenvalue weighted by molar-refractivity contribution is 6.38. The van der Waals surface area contributed by atoms with Crippen LogP contribution in [-0.4, -0.2) is 127 Å². The van der Waals surface area contributed by atoms with Crippen molar-refractivity contribution in [3.63, 3.8) is 0 Å². The maximum atomic E-state index is 12.5. The van der Waals surface area contributed by atoms with Crippen LogP contribution in [-0.2, 0) is 0 Å². The first kappa shape index (κ1) is 47.2. The van der Waals surface area contributed by atoms with Crippen molar-refractivity contribution in [3.8, 4) is 160 Å². The molecule has 0 amide bonds. The zero-order valence-electron chi connectivity index (χ0n) is 38.6. The van der Waals surface area contributed by atoms with Crippen molar-refractivity contribution in [2.24, 2.45) is 0 Å². The minimum atomic E-state index is -1.51. The molecular formula is C49H34B2N2O23. The molecule has 0 saturated carbocycles. The average molecular weight is 1040 g/mol. The summed E-state index contributed by atoms with van der Waals surface area (Å²) in [6.07, 6.45) is 0. The summed E-state index contributed by atoms with van der Waals surface area (Å²) >= 11 is 0. The van der Waals surface area contributed by atoms with Crippen molar-refractivity contribution < 1.29 is 116 Å². The predicted molar refractivity (Wildman–Crippen MR) is 270 cm³/mol. The predicted octanol–water partition coefficient (Wildman–Crippen LogP) is 4.24. The molecule has 21 N–H and O–H groups in total. The minimum absolute atomic E-state index is 0.0141. The van der Waals surface area contributed by atoms with Crippen LogP contribution in [0.2, 0.25) is 0 Å². The maximum absolute atomic E-state index is 12.5. The van der Waals surface area contributed by atoms with E-state index < -0.39 is 171 Å². The van der Waals surface area contributed by atoms with E-state index in [9.17, 15) is 107 Å². The summed E-state index contributed by atoms with van der Waals surface area (Å²) in [6, 6.07) is 6.90. The smallest absolute Gasteiger partial charge is 0.208 e. The van der Waals surface area contributed by atoms with E-state index in [0.717, 1.165) is 25.1 Å². The molecule has 0 atom stereocenters. The van der Waals surface area contributed by atoms with Crippen LogP contribution in [0.5, 0.6) is 132 Å². The van der Waals surface area contributed by atoms with E-state index in [-0.39, 0.29) is 66.1 Å². The van der Waals surface area contributed by atoms with Gasteiger partial charge in [-0.1, -0.05) is 11.5 Å². The number of aromatic hydroxyl groups is 21. The highest BCUT2D eigenvalue weighted by atomic mass is 16.5. The number of furan rings is 1. The van der Waals surface area contributed by atoms with Crippen LogP contribution in [0.1, 0.15) is 5.56 Å². The van der Waals surface area contributed by atoms with Gasteiger partial charge in [0.25, 0.3) is 0 Å². The summed E-state index contributed by atoms with van der Waals surface area (Å²) in [6.45, 7) is 1.11. The number of anilines is 3. The molecule has 0 fully saturated rings. The number of hydrogen-bond acceptors (Lipinski definition) is 24. The molecule has 0 bridgehead atoms. The molecule has 1 aliphatic heterocycles. The van der Waals surface area contributed by atoms with Gasteiger partial charge in [0.15, 0.2) is 91.8 Å². The summed E-state index contributed by atoms with van der Waals surface area (Å²) in [7, 11) is 2.83. The van der Waals surface area contributed by atoms with E-state index in [1.807, 2.05) is 0 Å². The Bertz CT molecular complexity index is 4370. The Balaban J connectivity index is 1.27. The van der Waals surface area contributed by atoms with Crippen molar-refractivity contribution in [1.29, 1.82) is 0 Å². The van der Waals surface area contributed by atoms with Crippen LogP contribution in [0.3, 0.4) is 0 Å². The molecular weight excluding hydrogens is 1010 g/mol. The van der Waals surface area contributed by atoms with Gasteiger partial charge in [0.2, 0.25) is 40.2 Å². The third kappa shape index (κ3) is 5.74. The molecule has 11 rings (SSSR count). The van der Waals surface area contributed by atoms with Crippen molar-refractivity contribution in [1.82, 2.24) is 4.57 Å². The molecule has 0 aliphatic carbocycles. The largest absolute Gasteiger partial charge is 0.508 e. The number of aromatic nitrogens is 1. The number of ether oxygens (including phenoxy) is 1. The second-order valence-electron chi connectivity index (χ2n) is 17.8. The number of phenols is 21. The van der Waals surface area contributed by atoms with Crippen LogP contribution >= 0.6 is 0 Å². The number of hydrogen-bond donors (Lipinski definition) is 21. The zero-order chi connectivity index (χ0) is 55.1. The summed E-state index contributed by atoms with van der Waals surface area (Å²) < 4.78 is 13.1. The molecule has 0 saturated heterocycles. The zero-order valence-corrected chi connectivity index (χ0v) is 38.6. The van der Waals surface area contributed by atoms with E-state index >= 15 is 0 Å². The monoisotopic (exact) mass is 1040 g/mol. The topological polar surface area (TPSA) is 455 Å². The second kappa shape index (κ2) is 15.2. The summed E-state index contributed by atoms with van der Waals surface area (Å²) in [4.78, 5) is 0.583. The highest BCUT2D eigenvalue weighted by Crippen LogP contribution is 2.70. The van der Waals surface area contributed by atoms with Gasteiger partial charge >= 0.3 is 0 Å². The maximum Gasteiger partial charge on any atom is 0.208 e. The van der Waals surface area contributed by atoms with Gasteiger partial charge in [0, 0.05) is 50.4 Å². The number of rotatable bonds is 4. The fraction of sp³-hybridized carbons (Fsp3) is 0.0204. The van der Waals surface area contributed by atoms with Crippen LogP contribution in [0, 0.1) is 6.92 Å². The normalized spacial score (nSPS) is 12.2. The third-order valence-electron chi connectivity index (χ3n) is 13.6. The van der Waals surface area contributed by atoms with Crippen molar-refractivity contribution >= 4 is 87.4 Å². The molecule has 27 heteroatoms. The summed E-state index contributed by atoms with van der Waals surface area (Å²) in [5, 5.41) is 234. The van der Waals surface area contributed by atoms with Crippen molar-refractivity contribution in [2.75, 3.05) is 4.90 Å². The lowest BCUT2D eigenvalue weighted by Gasteiger charge is -2.36. The lowest BCUT2D eigenvalue weighted by molar-refractivity contribution is 0.328. The van der Waals surface area contributed by atoms with Crippen LogP contribution < -0.4 is 20.6 Å². The Morgan fingerprint density at radius 2 is 0.908 bits per heavy atom. The molecule has 10 aromatic rings. The lowest BCUT2D eigenvalue weighted by Crippen LogP contribution is -2.21. The van der Waals surface area contributed by atoms with E-state index in [1.54, 1.807) is 0 Å². The Kier molecular flexibility index (Phi) is 9.45. The second-order valence-corrected chi connectivity index (χ2v) is 17.8. The fourth-order valence-electron chi connectivity index (χ4n) is 9.91.